The van der Waals surface area contributed by atoms with Crippen LogP contribution in [0.25, 0.3) is 0 Å². The van der Waals surface area contributed by atoms with Gasteiger partial charge in [-0.3, -0.25) is 9.59 Å². The molecule has 5 heteroatoms. The summed E-state index contributed by atoms with van der Waals surface area (Å²) in [5, 5.41) is 3.21. The monoisotopic (exact) mass is 358 g/mol. The lowest BCUT2D eigenvalue weighted by atomic mass is 9.78. The molecule has 142 valence electrons. The summed E-state index contributed by atoms with van der Waals surface area (Å²) in [5.41, 5.74) is 1.90. The molecule has 1 aromatic carbocycles. The first-order chi connectivity index (χ1) is 12.5. The third-order valence-corrected chi connectivity index (χ3v) is 5.90. The van der Waals surface area contributed by atoms with E-state index in [2.05, 4.69) is 19.2 Å². The molecule has 3 unspecified atom stereocenters. The van der Waals surface area contributed by atoms with Crippen LogP contribution in [0.1, 0.15) is 51.5 Å². The Morgan fingerprint density at radius 2 is 2.12 bits per heavy atom. The van der Waals surface area contributed by atoms with Crippen molar-refractivity contribution in [2.45, 2.75) is 58.9 Å². The Kier molecular flexibility index (Phi) is 5.84. The van der Waals surface area contributed by atoms with Gasteiger partial charge in [0.15, 0.2) is 6.61 Å². The van der Waals surface area contributed by atoms with E-state index in [1.54, 1.807) is 4.90 Å². The Morgan fingerprint density at radius 1 is 1.31 bits per heavy atom. The molecule has 2 aliphatic rings. The van der Waals surface area contributed by atoms with Gasteiger partial charge in [0.1, 0.15) is 5.75 Å². The van der Waals surface area contributed by atoms with Crippen LogP contribution in [0.15, 0.2) is 18.2 Å². The third kappa shape index (κ3) is 4.19. The van der Waals surface area contributed by atoms with Gasteiger partial charge in [0.25, 0.3) is 5.91 Å². The van der Waals surface area contributed by atoms with E-state index in [1.807, 2.05) is 25.1 Å². The maximum atomic E-state index is 12.3. The normalized spacial score (nSPS) is 25.4. The SMILES string of the molecule is Cc1ccc2c(c1)N(CCCC(=O)NC1CCCC(C)C1C)C(=O)CO2. The molecule has 3 rings (SSSR count). The maximum absolute atomic E-state index is 12.3. The fraction of sp³-hybridized carbons (Fsp3) is 0.619. The van der Waals surface area contributed by atoms with Gasteiger partial charge in [-0.15, -0.1) is 0 Å². The Hall–Kier alpha value is -2.04. The average Bonchev–Trinajstić information content (AvgIpc) is 2.61. The fourth-order valence-electron chi connectivity index (χ4n) is 4.02. The predicted octanol–water partition coefficient (Wildman–Crippen LogP) is 3.44. The van der Waals surface area contributed by atoms with Crippen LogP contribution in [0.2, 0.25) is 0 Å². The summed E-state index contributed by atoms with van der Waals surface area (Å²) in [5.74, 6) is 1.99. The van der Waals surface area contributed by atoms with Crippen molar-refractivity contribution in [2.75, 3.05) is 18.1 Å². The number of carbonyl (C=O) groups excluding carboxylic acids is 2. The van der Waals surface area contributed by atoms with Crippen molar-refractivity contribution < 1.29 is 14.3 Å². The molecule has 0 saturated heterocycles. The number of benzene rings is 1. The number of rotatable bonds is 5. The lowest BCUT2D eigenvalue weighted by Crippen LogP contribution is -2.44. The van der Waals surface area contributed by atoms with Crippen LogP contribution in [0.3, 0.4) is 0 Å². The van der Waals surface area contributed by atoms with Gasteiger partial charge in [0, 0.05) is 19.0 Å². The van der Waals surface area contributed by atoms with Crippen molar-refractivity contribution in [3.8, 4) is 5.75 Å². The highest BCUT2D eigenvalue weighted by Crippen LogP contribution is 2.33. The minimum Gasteiger partial charge on any atom is -0.482 e. The van der Waals surface area contributed by atoms with Crippen molar-refractivity contribution in [2.24, 2.45) is 11.8 Å². The second-order valence-corrected chi connectivity index (χ2v) is 7.85. The van der Waals surface area contributed by atoms with Crippen LogP contribution in [-0.4, -0.2) is 31.0 Å². The van der Waals surface area contributed by atoms with Crippen molar-refractivity contribution in [3.05, 3.63) is 23.8 Å². The zero-order chi connectivity index (χ0) is 18.7. The van der Waals surface area contributed by atoms with Crippen LogP contribution in [-0.2, 0) is 9.59 Å². The predicted molar refractivity (Wildman–Crippen MR) is 102 cm³/mol. The first kappa shape index (κ1) is 18.7. The van der Waals surface area contributed by atoms with Gasteiger partial charge >= 0.3 is 0 Å². The number of fused-ring (bicyclic) bond motifs is 1. The first-order valence-electron chi connectivity index (χ1n) is 9.79. The largest absolute Gasteiger partial charge is 0.482 e. The van der Waals surface area contributed by atoms with Gasteiger partial charge in [0.05, 0.1) is 5.69 Å². The fourth-order valence-corrected chi connectivity index (χ4v) is 4.02. The van der Waals surface area contributed by atoms with Crippen LogP contribution in [0, 0.1) is 18.8 Å². The molecule has 1 heterocycles. The number of amides is 2. The van der Waals surface area contributed by atoms with Crippen molar-refractivity contribution >= 4 is 17.5 Å². The maximum Gasteiger partial charge on any atom is 0.265 e. The number of ether oxygens (including phenoxy) is 1. The van der Waals surface area contributed by atoms with E-state index in [-0.39, 0.29) is 18.4 Å². The molecule has 0 radical (unpaired) electrons. The molecule has 0 bridgehead atoms. The Balaban J connectivity index is 1.52. The number of hydrogen-bond donors (Lipinski definition) is 1. The summed E-state index contributed by atoms with van der Waals surface area (Å²) >= 11 is 0. The molecule has 1 saturated carbocycles. The molecule has 3 atom stereocenters. The van der Waals surface area contributed by atoms with Gasteiger partial charge < -0.3 is 15.0 Å². The van der Waals surface area contributed by atoms with Gasteiger partial charge in [-0.1, -0.05) is 32.8 Å². The van der Waals surface area contributed by atoms with Crippen molar-refractivity contribution in [3.63, 3.8) is 0 Å². The standard InChI is InChI=1S/C21H30N2O3/c1-14-9-10-19-18(12-14)23(21(25)13-26-19)11-5-8-20(24)22-17-7-4-6-15(2)16(17)3/h9-10,12,15-17H,4-8,11,13H2,1-3H3,(H,22,24). The second kappa shape index (κ2) is 8.11. The summed E-state index contributed by atoms with van der Waals surface area (Å²) in [4.78, 5) is 26.3. The smallest absolute Gasteiger partial charge is 0.265 e. The van der Waals surface area contributed by atoms with Crippen LogP contribution in [0.4, 0.5) is 5.69 Å². The summed E-state index contributed by atoms with van der Waals surface area (Å²) in [6, 6.07) is 6.15. The molecule has 0 spiro atoms. The number of anilines is 1. The van der Waals surface area contributed by atoms with Crippen LogP contribution < -0.4 is 15.0 Å². The second-order valence-electron chi connectivity index (χ2n) is 7.85. The quantitative estimate of drug-likeness (QED) is 0.877. The minimum atomic E-state index is -0.0433. The molecular weight excluding hydrogens is 328 g/mol. The molecule has 2 amide bonds. The molecule has 1 aliphatic heterocycles. The average molecular weight is 358 g/mol. The van der Waals surface area contributed by atoms with E-state index < -0.39 is 0 Å². The third-order valence-electron chi connectivity index (χ3n) is 5.90. The summed E-state index contributed by atoms with van der Waals surface area (Å²) in [7, 11) is 0. The molecule has 5 nitrogen and oxygen atoms in total. The number of nitrogens with one attached hydrogen (secondary N) is 1. The summed E-state index contributed by atoms with van der Waals surface area (Å²) < 4.78 is 5.50. The van der Waals surface area contributed by atoms with E-state index in [0.29, 0.717) is 37.3 Å². The van der Waals surface area contributed by atoms with Gasteiger partial charge in [0.2, 0.25) is 5.91 Å². The molecule has 1 fully saturated rings. The van der Waals surface area contributed by atoms with Crippen molar-refractivity contribution in [1.82, 2.24) is 5.32 Å². The lowest BCUT2D eigenvalue weighted by molar-refractivity contribution is -0.123. The van der Waals surface area contributed by atoms with Gasteiger partial charge in [-0.05, 0) is 49.3 Å². The molecule has 1 aromatic rings. The van der Waals surface area contributed by atoms with E-state index in [0.717, 1.165) is 23.4 Å². The highest BCUT2D eigenvalue weighted by Gasteiger charge is 2.28. The van der Waals surface area contributed by atoms with Crippen molar-refractivity contribution in [1.29, 1.82) is 0 Å². The lowest BCUT2D eigenvalue weighted by Gasteiger charge is -2.34. The number of carbonyl (C=O) groups is 2. The van der Waals surface area contributed by atoms with Gasteiger partial charge in [-0.25, -0.2) is 0 Å². The minimum absolute atomic E-state index is 0.0433. The number of hydrogen-bond acceptors (Lipinski definition) is 3. The topological polar surface area (TPSA) is 58.6 Å². The van der Waals surface area contributed by atoms with Gasteiger partial charge in [-0.2, -0.15) is 0 Å². The molecular formula is C21H30N2O3. The highest BCUT2D eigenvalue weighted by atomic mass is 16.5. The molecule has 1 N–H and O–H groups in total. The molecule has 0 aromatic heterocycles. The number of nitrogens with zero attached hydrogens (tertiary/aromatic N) is 1. The van der Waals surface area contributed by atoms with E-state index in [9.17, 15) is 9.59 Å². The first-order valence-corrected chi connectivity index (χ1v) is 9.79. The molecule has 1 aliphatic carbocycles. The Labute approximate surface area is 156 Å². The van der Waals surface area contributed by atoms with Crippen LogP contribution in [0.5, 0.6) is 5.75 Å². The summed E-state index contributed by atoms with van der Waals surface area (Å²) in [6.07, 6.45) is 4.62. The van der Waals surface area contributed by atoms with E-state index >= 15 is 0 Å². The molecule has 26 heavy (non-hydrogen) atoms. The summed E-state index contributed by atoms with van der Waals surface area (Å²) in [6.45, 7) is 7.12. The van der Waals surface area contributed by atoms with E-state index in [4.69, 9.17) is 4.74 Å². The Bertz CT molecular complexity index is 673. The zero-order valence-corrected chi connectivity index (χ0v) is 16.1. The van der Waals surface area contributed by atoms with E-state index in [1.165, 1.54) is 12.8 Å². The number of aryl methyl sites for hydroxylation is 1. The Morgan fingerprint density at radius 3 is 2.92 bits per heavy atom. The van der Waals surface area contributed by atoms with Crippen LogP contribution >= 0.6 is 0 Å². The zero-order valence-electron chi connectivity index (χ0n) is 16.1. The highest BCUT2D eigenvalue weighted by molar-refractivity contribution is 5.98.